The Labute approximate surface area is 112 Å². The van der Waals surface area contributed by atoms with Crippen molar-refractivity contribution in [1.29, 1.82) is 0 Å². The Morgan fingerprint density at radius 3 is 2.68 bits per heavy atom. The average Bonchev–Trinajstić information content (AvgIpc) is 2.45. The second-order valence-corrected chi connectivity index (χ2v) is 4.71. The molecule has 0 aromatic heterocycles. The molecule has 1 fully saturated rings. The van der Waals surface area contributed by atoms with E-state index in [-0.39, 0.29) is 12.4 Å². The van der Waals surface area contributed by atoms with Crippen LogP contribution in [0.3, 0.4) is 0 Å². The average molecular weight is 269 g/mol. The number of rotatable bonds is 6. The molecule has 2 N–H and O–H groups in total. The SMILES string of the molecule is OC(CNC1CCOCC1)COc1ccc(F)cc1. The molecule has 19 heavy (non-hydrogen) atoms. The summed E-state index contributed by atoms with van der Waals surface area (Å²) in [5, 5.41) is 13.1. The van der Waals surface area contributed by atoms with Crippen LogP contribution >= 0.6 is 0 Å². The fourth-order valence-electron chi connectivity index (χ4n) is 1.99. The number of halogens is 1. The largest absolute Gasteiger partial charge is 0.491 e. The molecule has 0 saturated carbocycles. The molecule has 106 valence electrons. The maximum absolute atomic E-state index is 12.7. The Balaban J connectivity index is 1.63. The van der Waals surface area contributed by atoms with Crippen LogP contribution in [0.4, 0.5) is 4.39 Å². The predicted octanol–water partition coefficient (Wildman–Crippen LogP) is 1.33. The highest BCUT2D eigenvalue weighted by Crippen LogP contribution is 2.11. The quantitative estimate of drug-likeness (QED) is 0.818. The topological polar surface area (TPSA) is 50.7 Å². The molecule has 0 aliphatic carbocycles. The van der Waals surface area contributed by atoms with Crippen molar-refractivity contribution in [3.05, 3.63) is 30.1 Å². The molecule has 1 heterocycles. The second-order valence-electron chi connectivity index (χ2n) is 4.71. The van der Waals surface area contributed by atoms with E-state index in [0.29, 0.717) is 18.3 Å². The van der Waals surface area contributed by atoms with Gasteiger partial charge in [0.2, 0.25) is 0 Å². The van der Waals surface area contributed by atoms with Gasteiger partial charge in [-0.2, -0.15) is 0 Å². The van der Waals surface area contributed by atoms with Crippen molar-refractivity contribution in [2.75, 3.05) is 26.4 Å². The van der Waals surface area contributed by atoms with Crippen molar-refractivity contribution < 1.29 is 19.0 Å². The monoisotopic (exact) mass is 269 g/mol. The van der Waals surface area contributed by atoms with E-state index in [4.69, 9.17) is 9.47 Å². The highest BCUT2D eigenvalue weighted by Gasteiger charge is 2.14. The molecule has 1 aromatic carbocycles. The molecule has 1 atom stereocenters. The first kappa shape index (κ1) is 14.2. The number of hydrogen-bond donors (Lipinski definition) is 2. The molecule has 0 radical (unpaired) electrons. The van der Waals surface area contributed by atoms with Crippen LogP contribution in [0.2, 0.25) is 0 Å². The van der Waals surface area contributed by atoms with E-state index in [0.717, 1.165) is 26.1 Å². The van der Waals surface area contributed by atoms with E-state index in [2.05, 4.69) is 5.32 Å². The maximum Gasteiger partial charge on any atom is 0.123 e. The Morgan fingerprint density at radius 1 is 1.32 bits per heavy atom. The first-order valence-electron chi connectivity index (χ1n) is 6.61. The van der Waals surface area contributed by atoms with Gasteiger partial charge < -0.3 is 19.9 Å². The number of aliphatic hydroxyl groups excluding tert-OH is 1. The summed E-state index contributed by atoms with van der Waals surface area (Å²) in [6.45, 7) is 2.24. The minimum atomic E-state index is -0.576. The van der Waals surface area contributed by atoms with E-state index in [1.165, 1.54) is 12.1 Å². The standard InChI is InChI=1S/C14H20FNO3/c15-11-1-3-14(4-2-11)19-10-13(17)9-16-12-5-7-18-8-6-12/h1-4,12-13,16-17H,5-10H2. The van der Waals surface area contributed by atoms with Crippen molar-refractivity contribution in [2.45, 2.75) is 25.0 Å². The summed E-state index contributed by atoms with van der Waals surface area (Å²) >= 11 is 0. The third-order valence-electron chi connectivity index (χ3n) is 3.12. The smallest absolute Gasteiger partial charge is 0.123 e. The van der Waals surface area contributed by atoms with Gasteiger partial charge in [-0.05, 0) is 37.1 Å². The number of ether oxygens (including phenoxy) is 2. The highest BCUT2D eigenvalue weighted by atomic mass is 19.1. The molecule has 0 bridgehead atoms. The van der Waals surface area contributed by atoms with Crippen LogP contribution in [-0.4, -0.2) is 43.6 Å². The minimum Gasteiger partial charge on any atom is -0.491 e. The van der Waals surface area contributed by atoms with E-state index >= 15 is 0 Å². The summed E-state index contributed by atoms with van der Waals surface area (Å²) in [6, 6.07) is 6.18. The Morgan fingerprint density at radius 2 is 2.00 bits per heavy atom. The first-order valence-corrected chi connectivity index (χ1v) is 6.61. The molecular weight excluding hydrogens is 249 g/mol. The third-order valence-corrected chi connectivity index (χ3v) is 3.12. The summed E-state index contributed by atoms with van der Waals surface area (Å²) in [4.78, 5) is 0. The first-order chi connectivity index (χ1) is 9.24. The lowest BCUT2D eigenvalue weighted by Gasteiger charge is -2.24. The Bertz CT molecular complexity index is 365. The number of aliphatic hydroxyl groups is 1. The van der Waals surface area contributed by atoms with Gasteiger partial charge in [0.1, 0.15) is 24.3 Å². The fourth-order valence-corrected chi connectivity index (χ4v) is 1.99. The van der Waals surface area contributed by atoms with Crippen LogP contribution in [0.1, 0.15) is 12.8 Å². The molecule has 1 aliphatic heterocycles. The lowest BCUT2D eigenvalue weighted by Crippen LogP contribution is -2.40. The van der Waals surface area contributed by atoms with Gasteiger partial charge in [-0.25, -0.2) is 4.39 Å². The van der Waals surface area contributed by atoms with E-state index in [1.54, 1.807) is 12.1 Å². The lowest BCUT2D eigenvalue weighted by molar-refractivity contribution is 0.0655. The van der Waals surface area contributed by atoms with Crippen molar-refractivity contribution in [3.63, 3.8) is 0 Å². The van der Waals surface area contributed by atoms with Crippen molar-refractivity contribution >= 4 is 0 Å². The molecule has 1 aliphatic rings. The van der Waals surface area contributed by atoms with E-state index in [9.17, 15) is 9.50 Å². The van der Waals surface area contributed by atoms with Gasteiger partial charge in [0, 0.05) is 25.8 Å². The Kier molecular flexibility index (Phi) is 5.57. The van der Waals surface area contributed by atoms with Gasteiger partial charge in [-0.15, -0.1) is 0 Å². The third kappa shape index (κ3) is 5.14. The normalized spacial score (nSPS) is 18.2. The minimum absolute atomic E-state index is 0.196. The van der Waals surface area contributed by atoms with Gasteiger partial charge in [0.05, 0.1) is 0 Å². The van der Waals surface area contributed by atoms with Gasteiger partial charge in [-0.1, -0.05) is 0 Å². The molecule has 1 saturated heterocycles. The van der Waals surface area contributed by atoms with E-state index in [1.807, 2.05) is 0 Å². The molecule has 1 unspecified atom stereocenters. The summed E-state index contributed by atoms with van der Waals surface area (Å²) in [7, 11) is 0. The van der Waals surface area contributed by atoms with Crippen LogP contribution in [-0.2, 0) is 4.74 Å². The summed E-state index contributed by atoms with van der Waals surface area (Å²) < 4.78 is 23.3. The number of benzene rings is 1. The van der Waals surface area contributed by atoms with Gasteiger partial charge >= 0.3 is 0 Å². The number of nitrogens with one attached hydrogen (secondary N) is 1. The molecule has 0 spiro atoms. The molecule has 5 heteroatoms. The van der Waals surface area contributed by atoms with Gasteiger partial charge in [0.25, 0.3) is 0 Å². The zero-order valence-corrected chi connectivity index (χ0v) is 10.8. The van der Waals surface area contributed by atoms with Crippen molar-refractivity contribution in [2.24, 2.45) is 0 Å². The maximum atomic E-state index is 12.7. The van der Waals surface area contributed by atoms with E-state index < -0.39 is 6.10 Å². The highest BCUT2D eigenvalue weighted by molar-refractivity contribution is 5.22. The van der Waals surface area contributed by atoms with Crippen LogP contribution in [0.25, 0.3) is 0 Å². The van der Waals surface area contributed by atoms with Crippen LogP contribution < -0.4 is 10.1 Å². The molecule has 4 nitrogen and oxygen atoms in total. The van der Waals surface area contributed by atoms with Gasteiger partial charge in [0.15, 0.2) is 0 Å². The van der Waals surface area contributed by atoms with Crippen LogP contribution in [0.5, 0.6) is 5.75 Å². The number of hydrogen-bond acceptors (Lipinski definition) is 4. The summed E-state index contributed by atoms with van der Waals surface area (Å²) in [5.74, 6) is 0.264. The summed E-state index contributed by atoms with van der Waals surface area (Å²) in [6.07, 6.45) is 1.38. The zero-order chi connectivity index (χ0) is 13.5. The van der Waals surface area contributed by atoms with Crippen molar-refractivity contribution in [1.82, 2.24) is 5.32 Å². The molecule has 1 aromatic rings. The van der Waals surface area contributed by atoms with Crippen LogP contribution in [0.15, 0.2) is 24.3 Å². The molecule has 2 rings (SSSR count). The molecule has 0 amide bonds. The Hall–Kier alpha value is -1.17. The predicted molar refractivity (Wildman–Crippen MR) is 69.7 cm³/mol. The van der Waals surface area contributed by atoms with Crippen LogP contribution in [0, 0.1) is 5.82 Å². The van der Waals surface area contributed by atoms with Gasteiger partial charge in [-0.3, -0.25) is 0 Å². The van der Waals surface area contributed by atoms with Crippen molar-refractivity contribution in [3.8, 4) is 5.75 Å². The summed E-state index contributed by atoms with van der Waals surface area (Å²) in [5.41, 5.74) is 0. The second kappa shape index (κ2) is 7.43. The molecular formula is C14H20FNO3. The zero-order valence-electron chi connectivity index (χ0n) is 10.8. The fraction of sp³-hybridized carbons (Fsp3) is 0.571. The lowest BCUT2D eigenvalue weighted by atomic mass is 10.1.